The first-order chi connectivity index (χ1) is 6.22. The summed E-state index contributed by atoms with van der Waals surface area (Å²) in [6, 6.07) is 5.07. The molecule has 66 valence electrons. The molecule has 0 unspecified atom stereocenters. The Hall–Kier alpha value is -0.990. The van der Waals surface area contributed by atoms with Crippen LogP contribution in [0.25, 0.3) is 10.9 Å². The zero-order valence-electron chi connectivity index (χ0n) is 6.47. The van der Waals surface area contributed by atoms with Crippen LogP contribution in [0, 0.1) is 0 Å². The molecule has 0 saturated carbocycles. The van der Waals surface area contributed by atoms with Gasteiger partial charge in [0.1, 0.15) is 0 Å². The molecule has 0 atom stereocenters. The van der Waals surface area contributed by atoms with Gasteiger partial charge in [0.15, 0.2) is 6.29 Å². The molecule has 0 aliphatic heterocycles. The number of halogens is 2. The van der Waals surface area contributed by atoms with Gasteiger partial charge in [0.2, 0.25) is 0 Å². The molecule has 0 aliphatic carbocycles. The number of hydrogen-bond donors (Lipinski definition) is 1. The molecule has 4 heteroatoms. The maximum atomic E-state index is 10.5. The Bertz CT molecular complexity index is 437. The van der Waals surface area contributed by atoms with Crippen LogP contribution < -0.4 is 0 Å². The van der Waals surface area contributed by atoms with Crippen LogP contribution in [0.4, 0.5) is 0 Å². The molecular formula is C9H5Cl2NO. The average molecular weight is 214 g/mol. The maximum Gasteiger partial charge on any atom is 0.166 e. The van der Waals surface area contributed by atoms with Gasteiger partial charge in [-0.15, -0.1) is 0 Å². The van der Waals surface area contributed by atoms with Gasteiger partial charge in [-0.05, 0) is 18.2 Å². The lowest BCUT2D eigenvalue weighted by Gasteiger charge is -1.94. The zero-order chi connectivity index (χ0) is 9.42. The second-order valence-corrected chi connectivity index (χ2v) is 3.47. The van der Waals surface area contributed by atoms with E-state index in [0.717, 1.165) is 11.7 Å². The van der Waals surface area contributed by atoms with E-state index >= 15 is 0 Å². The number of H-pyrrole nitrogens is 1. The lowest BCUT2D eigenvalue weighted by Crippen LogP contribution is -1.75. The number of aldehydes is 1. The number of nitrogens with one attached hydrogen (secondary N) is 1. The summed E-state index contributed by atoms with van der Waals surface area (Å²) in [5.74, 6) is 0. The van der Waals surface area contributed by atoms with Crippen molar-refractivity contribution in [1.29, 1.82) is 0 Å². The third-order valence-corrected chi connectivity index (χ3v) is 2.48. The largest absolute Gasteiger partial charge is 0.351 e. The van der Waals surface area contributed by atoms with Crippen LogP contribution >= 0.6 is 23.2 Å². The minimum atomic E-state index is 0.477. The normalized spacial score (nSPS) is 10.6. The van der Waals surface area contributed by atoms with Crippen LogP contribution in [0.3, 0.4) is 0 Å². The van der Waals surface area contributed by atoms with Crippen molar-refractivity contribution in [2.75, 3.05) is 0 Å². The fourth-order valence-corrected chi connectivity index (χ4v) is 1.66. The van der Waals surface area contributed by atoms with Crippen LogP contribution in [0.5, 0.6) is 0 Å². The van der Waals surface area contributed by atoms with Crippen molar-refractivity contribution in [2.24, 2.45) is 0 Å². The number of benzene rings is 1. The summed E-state index contributed by atoms with van der Waals surface area (Å²) in [7, 11) is 0. The fraction of sp³-hybridized carbons (Fsp3) is 0. The van der Waals surface area contributed by atoms with Crippen LogP contribution in [0.1, 0.15) is 10.5 Å². The van der Waals surface area contributed by atoms with E-state index in [4.69, 9.17) is 23.2 Å². The van der Waals surface area contributed by atoms with E-state index in [1.54, 1.807) is 18.2 Å². The smallest absolute Gasteiger partial charge is 0.166 e. The minimum absolute atomic E-state index is 0.477. The van der Waals surface area contributed by atoms with Gasteiger partial charge in [-0.2, -0.15) is 0 Å². The second kappa shape index (κ2) is 3.05. The number of hydrogen-bond acceptors (Lipinski definition) is 1. The molecule has 0 aliphatic rings. The van der Waals surface area contributed by atoms with Gasteiger partial charge < -0.3 is 4.98 Å². The quantitative estimate of drug-likeness (QED) is 0.725. The molecule has 0 amide bonds. The van der Waals surface area contributed by atoms with E-state index < -0.39 is 0 Å². The monoisotopic (exact) mass is 213 g/mol. The van der Waals surface area contributed by atoms with E-state index in [1.165, 1.54) is 0 Å². The Kier molecular flexibility index (Phi) is 2.02. The van der Waals surface area contributed by atoms with Gasteiger partial charge in [-0.25, -0.2) is 0 Å². The van der Waals surface area contributed by atoms with Crippen molar-refractivity contribution in [1.82, 2.24) is 4.98 Å². The molecule has 1 N–H and O–H groups in total. The fourth-order valence-electron chi connectivity index (χ4n) is 1.24. The highest BCUT2D eigenvalue weighted by Crippen LogP contribution is 2.29. The molecule has 2 aromatic rings. The van der Waals surface area contributed by atoms with Crippen molar-refractivity contribution in [3.05, 3.63) is 33.9 Å². The number of rotatable bonds is 1. The Morgan fingerprint density at radius 2 is 1.92 bits per heavy atom. The highest BCUT2D eigenvalue weighted by molar-refractivity contribution is 6.40. The van der Waals surface area contributed by atoms with Gasteiger partial charge in [0, 0.05) is 5.39 Å². The molecule has 13 heavy (non-hydrogen) atoms. The summed E-state index contributed by atoms with van der Waals surface area (Å²) < 4.78 is 0. The average Bonchev–Trinajstić information content (AvgIpc) is 2.56. The highest BCUT2D eigenvalue weighted by atomic mass is 35.5. The summed E-state index contributed by atoms with van der Waals surface area (Å²) >= 11 is 11.8. The Balaban J connectivity index is 2.87. The predicted molar refractivity (Wildman–Crippen MR) is 53.7 cm³/mol. The molecule has 0 fully saturated rings. The van der Waals surface area contributed by atoms with Crippen LogP contribution in [0.15, 0.2) is 18.2 Å². The van der Waals surface area contributed by atoms with E-state index in [2.05, 4.69) is 4.98 Å². The third kappa shape index (κ3) is 1.32. The molecule has 0 spiro atoms. The number of aromatic nitrogens is 1. The maximum absolute atomic E-state index is 10.5. The number of aromatic amines is 1. The van der Waals surface area contributed by atoms with Gasteiger partial charge in [-0.1, -0.05) is 23.2 Å². The lowest BCUT2D eigenvalue weighted by atomic mass is 10.2. The first kappa shape index (κ1) is 8.60. The van der Waals surface area contributed by atoms with Crippen molar-refractivity contribution in [3.8, 4) is 0 Å². The summed E-state index contributed by atoms with van der Waals surface area (Å²) in [5.41, 5.74) is 1.18. The summed E-state index contributed by atoms with van der Waals surface area (Å²) in [4.78, 5) is 13.4. The standard InChI is InChI=1S/C9H5Cl2NO/c10-7-1-2-8(11)9-6(7)3-5(4-13)12-9/h1-4,12H. The second-order valence-electron chi connectivity index (χ2n) is 2.66. The number of carbonyl (C=O) groups excluding carboxylic acids is 1. The molecule has 1 aromatic carbocycles. The van der Waals surface area contributed by atoms with Crippen LogP contribution in [-0.2, 0) is 0 Å². The first-order valence-electron chi connectivity index (χ1n) is 3.64. The topological polar surface area (TPSA) is 32.9 Å². The Morgan fingerprint density at radius 3 is 2.54 bits per heavy atom. The highest BCUT2D eigenvalue weighted by Gasteiger charge is 2.06. The molecule has 0 radical (unpaired) electrons. The zero-order valence-corrected chi connectivity index (χ0v) is 7.99. The third-order valence-electron chi connectivity index (χ3n) is 1.84. The van der Waals surface area contributed by atoms with Crippen molar-refractivity contribution < 1.29 is 4.79 Å². The molecule has 1 heterocycles. The number of fused-ring (bicyclic) bond motifs is 1. The molecule has 0 bridgehead atoms. The lowest BCUT2D eigenvalue weighted by molar-refractivity contribution is 0.112. The molecule has 1 aromatic heterocycles. The predicted octanol–water partition coefficient (Wildman–Crippen LogP) is 3.29. The number of carbonyl (C=O) groups is 1. The Labute approximate surface area is 84.5 Å². The first-order valence-corrected chi connectivity index (χ1v) is 4.40. The Morgan fingerprint density at radius 1 is 1.23 bits per heavy atom. The molecular weight excluding hydrogens is 209 g/mol. The minimum Gasteiger partial charge on any atom is -0.351 e. The van der Waals surface area contributed by atoms with Crippen LogP contribution in [0.2, 0.25) is 10.0 Å². The van der Waals surface area contributed by atoms with E-state index in [0.29, 0.717) is 21.3 Å². The summed E-state index contributed by atoms with van der Waals surface area (Å²) in [6.45, 7) is 0. The van der Waals surface area contributed by atoms with E-state index in [1.807, 2.05) is 0 Å². The van der Waals surface area contributed by atoms with Crippen molar-refractivity contribution in [2.45, 2.75) is 0 Å². The van der Waals surface area contributed by atoms with Crippen molar-refractivity contribution >= 4 is 40.4 Å². The van der Waals surface area contributed by atoms with Crippen LogP contribution in [-0.4, -0.2) is 11.3 Å². The van der Waals surface area contributed by atoms with Gasteiger partial charge in [0.05, 0.1) is 21.3 Å². The van der Waals surface area contributed by atoms with E-state index in [9.17, 15) is 4.79 Å². The molecule has 0 saturated heterocycles. The van der Waals surface area contributed by atoms with E-state index in [-0.39, 0.29) is 0 Å². The van der Waals surface area contributed by atoms with Gasteiger partial charge >= 0.3 is 0 Å². The molecule has 2 nitrogen and oxygen atoms in total. The summed E-state index contributed by atoms with van der Waals surface area (Å²) in [5, 5.41) is 1.92. The van der Waals surface area contributed by atoms with Gasteiger partial charge in [-0.3, -0.25) is 4.79 Å². The summed E-state index contributed by atoms with van der Waals surface area (Å²) in [6.07, 6.45) is 0.729. The van der Waals surface area contributed by atoms with Gasteiger partial charge in [0.25, 0.3) is 0 Å². The SMILES string of the molecule is O=Cc1cc2c(Cl)ccc(Cl)c2[nH]1. The molecule has 2 rings (SSSR count). The van der Waals surface area contributed by atoms with Crippen molar-refractivity contribution in [3.63, 3.8) is 0 Å².